The van der Waals surface area contributed by atoms with E-state index in [9.17, 15) is 29.1 Å². The first-order valence-electron chi connectivity index (χ1n) is 11.2. The molecular formula is C22H32N4O6. The molecule has 3 aliphatic rings. The Hall–Kier alpha value is -2.91. The van der Waals surface area contributed by atoms with Gasteiger partial charge in [-0.2, -0.15) is 0 Å². The molecule has 3 rings (SSSR count). The van der Waals surface area contributed by atoms with Crippen molar-refractivity contribution in [1.82, 2.24) is 20.9 Å². The Labute approximate surface area is 187 Å². The maximum absolute atomic E-state index is 12.7. The maximum Gasteiger partial charge on any atom is 0.330 e. The van der Waals surface area contributed by atoms with Crippen LogP contribution < -0.4 is 16.0 Å². The number of likely N-dealkylation sites (tertiary alicyclic amines) is 1. The van der Waals surface area contributed by atoms with Crippen LogP contribution in [0.2, 0.25) is 0 Å². The van der Waals surface area contributed by atoms with Crippen molar-refractivity contribution < 1.29 is 29.1 Å². The van der Waals surface area contributed by atoms with Gasteiger partial charge in [0, 0.05) is 18.4 Å². The maximum atomic E-state index is 12.7. The number of rotatable bonds is 10. The number of carboxylic acids is 1. The molecule has 3 fully saturated rings. The summed E-state index contributed by atoms with van der Waals surface area (Å²) in [7, 11) is 0. The minimum atomic E-state index is -1.35. The van der Waals surface area contributed by atoms with Crippen molar-refractivity contribution in [1.29, 1.82) is 0 Å². The summed E-state index contributed by atoms with van der Waals surface area (Å²) in [6, 6.07) is -2.00. The summed E-state index contributed by atoms with van der Waals surface area (Å²) in [6.07, 6.45) is 4.50. The van der Waals surface area contributed by atoms with E-state index in [1.54, 1.807) is 0 Å². The van der Waals surface area contributed by atoms with Crippen molar-refractivity contribution in [2.45, 2.75) is 63.6 Å². The fourth-order valence-electron chi connectivity index (χ4n) is 4.29. The third-order valence-corrected chi connectivity index (χ3v) is 6.54. The summed E-state index contributed by atoms with van der Waals surface area (Å²) in [5, 5.41) is 17.2. The van der Waals surface area contributed by atoms with Crippen molar-refractivity contribution in [2.75, 3.05) is 13.1 Å². The van der Waals surface area contributed by atoms with Gasteiger partial charge in [0.1, 0.15) is 11.6 Å². The van der Waals surface area contributed by atoms with Crippen molar-refractivity contribution in [3.8, 4) is 0 Å². The number of carboxylic acid groups (broad SMARTS) is 1. The number of Topliss-reactive ketones (excluding diaryl/α,β-unsaturated/α-hetero) is 1. The molecule has 32 heavy (non-hydrogen) atoms. The average molecular weight is 449 g/mol. The van der Waals surface area contributed by atoms with E-state index in [0.29, 0.717) is 19.4 Å². The molecule has 1 saturated heterocycles. The standard InChI is InChI=1S/C22H32N4O6/c1-4-14-10-22(14,20(30)31)25-19(29)15-6-5-9-26(15)16(27)11-23-21(32)24-17(12(2)3)18(28)13-7-8-13/h4,12-15,17H,1,5-11H2,2-3H3,(H,25,29)(H,30,31)(H2,23,24,32)/t14?,15-,17-,22+/m0/s1. The van der Waals surface area contributed by atoms with Crippen molar-refractivity contribution in [3.05, 3.63) is 12.7 Å². The summed E-state index contributed by atoms with van der Waals surface area (Å²) in [6.45, 7) is 7.33. The molecule has 176 valence electrons. The molecule has 1 aliphatic heterocycles. The molecule has 2 aliphatic carbocycles. The van der Waals surface area contributed by atoms with E-state index in [1.165, 1.54) is 11.0 Å². The predicted octanol–water partition coefficient (Wildman–Crippen LogP) is 0.426. The van der Waals surface area contributed by atoms with E-state index in [2.05, 4.69) is 22.5 Å². The van der Waals surface area contributed by atoms with Crippen LogP contribution >= 0.6 is 0 Å². The van der Waals surface area contributed by atoms with E-state index in [-0.39, 0.29) is 36.5 Å². The van der Waals surface area contributed by atoms with Crippen LogP contribution in [0.25, 0.3) is 0 Å². The Morgan fingerprint density at radius 3 is 2.41 bits per heavy atom. The molecule has 0 spiro atoms. The summed E-state index contributed by atoms with van der Waals surface area (Å²) < 4.78 is 0. The summed E-state index contributed by atoms with van der Waals surface area (Å²) in [4.78, 5) is 63.0. The number of aliphatic carboxylic acids is 1. The van der Waals surface area contributed by atoms with Gasteiger partial charge in [-0.05, 0) is 38.0 Å². The summed E-state index contributed by atoms with van der Waals surface area (Å²) in [5.41, 5.74) is -1.35. The minimum absolute atomic E-state index is 0.00875. The average Bonchev–Trinajstić information content (AvgIpc) is 3.66. The monoisotopic (exact) mass is 448 g/mol. The molecule has 0 aromatic carbocycles. The van der Waals surface area contributed by atoms with Gasteiger partial charge < -0.3 is 26.0 Å². The van der Waals surface area contributed by atoms with Crippen LogP contribution in [0, 0.1) is 17.8 Å². The Kier molecular flexibility index (Phi) is 6.90. The number of ketones is 1. The molecule has 2 saturated carbocycles. The lowest BCUT2D eigenvalue weighted by Crippen LogP contribution is -2.55. The largest absolute Gasteiger partial charge is 0.479 e. The highest BCUT2D eigenvalue weighted by Crippen LogP contribution is 2.44. The molecule has 1 unspecified atom stereocenters. The second-order valence-electron chi connectivity index (χ2n) is 9.28. The van der Waals surface area contributed by atoms with Crippen LogP contribution in [0.1, 0.15) is 46.0 Å². The summed E-state index contributed by atoms with van der Waals surface area (Å²) >= 11 is 0. The lowest BCUT2D eigenvalue weighted by atomic mass is 9.97. The van der Waals surface area contributed by atoms with Crippen LogP contribution in [0.4, 0.5) is 4.79 Å². The van der Waals surface area contributed by atoms with Crippen LogP contribution in [0.3, 0.4) is 0 Å². The zero-order valence-electron chi connectivity index (χ0n) is 18.6. The lowest BCUT2D eigenvalue weighted by Gasteiger charge is -2.26. The highest BCUT2D eigenvalue weighted by molar-refractivity contribution is 5.96. The van der Waals surface area contributed by atoms with Gasteiger partial charge >= 0.3 is 12.0 Å². The molecule has 4 amide bonds. The van der Waals surface area contributed by atoms with Crippen LogP contribution in [0.15, 0.2) is 12.7 Å². The van der Waals surface area contributed by atoms with E-state index >= 15 is 0 Å². The van der Waals surface area contributed by atoms with E-state index < -0.39 is 41.4 Å². The first kappa shape index (κ1) is 23.7. The highest BCUT2D eigenvalue weighted by atomic mass is 16.4. The highest BCUT2D eigenvalue weighted by Gasteiger charge is 2.61. The fraction of sp³-hybridized carbons (Fsp3) is 0.682. The number of hydrogen-bond acceptors (Lipinski definition) is 5. The molecule has 0 aromatic rings. The molecule has 4 N–H and O–H groups in total. The number of nitrogens with one attached hydrogen (secondary N) is 3. The third kappa shape index (κ3) is 4.94. The second kappa shape index (κ2) is 9.30. The quantitative estimate of drug-likeness (QED) is 0.357. The van der Waals surface area contributed by atoms with Gasteiger partial charge in [-0.15, -0.1) is 6.58 Å². The third-order valence-electron chi connectivity index (χ3n) is 6.54. The van der Waals surface area contributed by atoms with E-state index in [1.807, 2.05) is 13.8 Å². The number of carbonyl (C=O) groups is 5. The zero-order valence-corrected chi connectivity index (χ0v) is 18.6. The van der Waals surface area contributed by atoms with Gasteiger partial charge in [-0.1, -0.05) is 19.9 Å². The Balaban J connectivity index is 1.52. The Morgan fingerprint density at radius 2 is 1.88 bits per heavy atom. The first-order valence-corrected chi connectivity index (χ1v) is 11.2. The minimum Gasteiger partial charge on any atom is -0.479 e. The Morgan fingerprint density at radius 1 is 1.19 bits per heavy atom. The van der Waals surface area contributed by atoms with E-state index in [0.717, 1.165) is 12.8 Å². The zero-order chi connectivity index (χ0) is 23.6. The predicted molar refractivity (Wildman–Crippen MR) is 114 cm³/mol. The van der Waals surface area contributed by atoms with Gasteiger partial charge in [0.05, 0.1) is 12.6 Å². The number of amides is 4. The molecule has 1 heterocycles. The number of hydrogen-bond donors (Lipinski definition) is 4. The van der Waals surface area contributed by atoms with Gasteiger partial charge in [0.2, 0.25) is 11.8 Å². The van der Waals surface area contributed by atoms with Crippen LogP contribution in [-0.2, 0) is 19.2 Å². The van der Waals surface area contributed by atoms with Crippen LogP contribution in [-0.4, -0.2) is 70.3 Å². The van der Waals surface area contributed by atoms with Crippen molar-refractivity contribution in [2.24, 2.45) is 17.8 Å². The molecule has 4 atom stereocenters. The second-order valence-corrected chi connectivity index (χ2v) is 9.28. The first-order chi connectivity index (χ1) is 15.1. The SMILES string of the molecule is C=CC1C[C@]1(NC(=O)[C@@H]1CCCN1C(=O)CNC(=O)N[C@H](C(=O)C1CC1)C(C)C)C(=O)O. The van der Waals surface area contributed by atoms with Gasteiger partial charge in [-0.3, -0.25) is 14.4 Å². The van der Waals surface area contributed by atoms with E-state index in [4.69, 9.17) is 0 Å². The lowest BCUT2D eigenvalue weighted by molar-refractivity contribution is -0.145. The number of nitrogens with zero attached hydrogens (tertiary/aromatic N) is 1. The smallest absolute Gasteiger partial charge is 0.330 e. The van der Waals surface area contributed by atoms with Gasteiger partial charge in [0.15, 0.2) is 5.78 Å². The molecule has 0 radical (unpaired) electrons. The topological polar surface area (TPSA) is 145 Å². The van der Waals surface area contributed by atoms with Crippen molar-refractivity contribution in [3.63, 3.8) is 0 Å². The molecular weight excluding hydrogens is 416 g/mol. The number of urea groups is 1. The molecule has 0 bridgehead atoms. The van der Waals surface area contributed by atoms with Gasteiger partial charge in [0.25, 0.3) is 0 Å². The van der Waals surface area contributed by atoms with Crippen molar-refractivity contribution >= 4 is 29.6 Å². The van der Waals surface area contributed by atoms with Crippen LogP contribution in [0.5, 0.6) is 0 Å². The Bertz CT molecular complexity index is 823. The number of carbonyl (C=O) groups excluding carboxylic acids is 4. The molecule has 10 heteroatoms. The summed E-state index contributed by atoms with van der Waals surface area (Å²) in [5.74, 6) is -2.45. The fourth-order valence-corrected chi connectivity index (χ4v) is 4.29. The molecule has 0 aromatic heterocycles. The molecule has 10 nitrogen and oxygen atoms in total. The van der Waals surface area contributed by atoms with Gasteiger partial charge in [-0.25, -0.2) is 9.59 Å². The normalized spacial score (nSPS) is 27.4.